The summed E-state index contributed by atoms with van der Waals surface area (Å²) in [4.78, 5) is 11.8. The van der Waals surface area contributed by atoms with Gasteiger partial charge in [-0.2, -0.15) is 13.2 Å². The zero-order valence-electron chi connectivity index (χ0n) is 11.3. The van der Waals surface area contributed by atoms with Crippen molar-refractivity contribution in [1.29, 1.82) is 0 Å². The molecule has 1 heterocycles. The minimum atomic E-state index is -4.64. The maximum absolute atomic E-state index is 12.7. The van der Waals surface area contributed by atoms with Gasteiger partial charge in [0, 0.05) is 7.05 Å². The number of alkyl halides is 3. The molecular weight excluding hydrogens is 271 g/mol. The minimum Gasteiger partial charge on any atom is -0.274 e. The minimum absolute atomic E-state index is 0.0241. The fourth-order valence-electron chi connectivity index (χ4n) is 1.97. The molecule has 20 heavy (non-hydrogen) atoms. The molecule has 0 amide bonds. The fraction of sp³-hybridized carbons (Fsp3) is 0.385. The Kier molecular flexibility index (Phi) is 3.45. The van der Waals surface area contributed by atoms with Gasteiger partial charge in [0.05, 0.1) is 6.54 Å². The lowest BCUT2D eigenvalue weighted by molar-refractivity contribution is -0.147. The van der Waals surface area contributed by atoms with Crippen LogP contribution >= 0.6 is 0 Å². The van der Waals surface area contributed by atoms with Crippen molar-refractivity contribution >= 4 is 0 Å². The molecular formula is C13H14F3N3O. The van der Waals surface area contributed by atoms with Crippen molar-refractivity contribution < 1.29 is 13.2 Å². The average molecular weight is 285 g/mol. The third-order valence-electron chi connectivity index (χ3n) is 3.12. The van der Waals surface area contributed by atoms with Crippen LogP contribution in [-0.4, -0.2) is 14.3 Å². The van der Waals surface area contributed by atoms with Crippen molar-refractivity contribution in [3.8, 4) is 0 Å². The molecule has 0 bridgehead atoms. The normalized spacial score (nSPS) is 11.9. The first-order chi connectivity index (χ1) is 9.20. The molecule has 4 nitrogen and oxygen atoms in total. The molecule has 0 spiro atoms. The highest BCUT2D eigenvalue weighted by atomic mass is 19.4. The van der Waals surface area contributed by atoms with E-state index >= 15 is 0 Å². The smallest absolute Gasteiger partial charge is 0.274 e. The van der Waals surface area contributed by atoms with Crippen LogP contribution in [0.25, 0.3) is 0 Å². The fourth-order valence-corrected chi connectivity index (χ4v) is 1.97. The van der Waals surface area contributed by atoms with Crippen molar-refractivity contribution in [3.05, 3.63) is 51.2 Å². The Morgan fingerprint density at radius 2 is 1.90 bits per heavy atom. The first-order valence-electron chi connectivity index (χ1n) is 5.97. The Labute approximate surface area is 113 Å². The molecule has 0 unspecified atom stereocenters. The third kappa shape index (κ3) is 2.61. The SMILES string of the molecule is Cc1ccc(C)c(Cn2nc(C(F)(F)F)n(C)c2=O)c1. The molecule has 0 fully saturated rings. The molecule has 0 aliphatic heterocycles. The van der Waals surface area contributed by atoms with Crippen molar-refractivity contribution in [1.82, 2.24) is 14.3 Å². The first kappa shape index (κ1) is 14.4. The number of aromatic nitrogens is 3. The van der Waals surface area contributed by atoms with Gasteiger partial charge in [-0.3, -0.25) is 4.57 Å². The molecule has 0 saturated carbocycles. The van der Waals surface area contributed by atoms with E-state index in [4.69, 9.17) is 0 Å². The molecule has 0 N–H and O–H groups in total. The van der Waals surface area contributed by atoms with E-state index < -0.39 is 17.7 Å². The molecule has 0 aliphatic rings. The van der Waals surface area contributed by atoms with Crippen molar-refractivity contribution in [2.75, 3.05) is 0 Å². The summed E-state index contributed by atoms with van der Waals surface area (Å²) >= 11 is 0. The van der Waals surface area contributed by atoms with E-state index in [1.807, 2.05) is 32.0 Å². The Morgan fingerprint density at radius 1 is 1.25 bits per heavy atom. The van der Waals surface area contributed by atoms with Crippen LogP contribution in [0.1, 0.15) is 22.5 Å². The van der Waals surface area contributed by atoms with Crippen LogP contribution in [0.2, 0.25) is 0 Å². The van der Waals surface area contributed by atoms with E-state index in [0.717, 1.165) is 28.4 Å². The zero-order chi connectivity index (χ0) is 15.1. The highest BCUT2D eigenvalue weighted by molar-refractivity contribution is 5.30. The van der Waals surface area contributed by atoms with Gasteiger partial charge in [0.25, 0.3) is 0 Å². The molecule has 0 saturated heterocycles. The van der Waals surface area contributed by atoms with Crippen LogP contribution in [0.3, 0.4) is 0 Å². The maximum Gasteiger partial charge on any atom is 0.451 e. The van der Waals surface area contributed by atoms with Crippen LogP contribution in [0, 0.1) is 13.8 Å². The number of halogens is 3. The van der Waals surface area contributed by atoms with Crippen molar-refractivity contribution in [2.24, 2.45) is 7.05 Å². The summed E-state index contributed by atoms with van der Waals surface area (Å²) in [6.45, 7) is 3.75. The summed E-state index contributed by atoms with van der Waals surface area (Å²) in [5.41, 5.74) is 1.88. The third-order valence-corrected chi connectivity index (χ3v) is 3.12. The molecule has 0 atom stereocenters. The monoisotopic (exact) mass is 285 g/mol. The van der Waals surface area contributed by atoms with Gasteiger partial charge < -0.3 is 0 Å². The van der Waals surface area contributed by atoms with E-state index in [1.54, 1.807) is 0 Å². The topological polar surface area (TPSA) is 39.8 Å². The van der Waals surface area contributed by atoms with E-state index in [9.17, 15) is 18.0 Å². The number of rotatable bonds is 2. The van der Waals surface area contributed by atoms with Crippen LogP contribution in [0.15, 0.2) is 23.0 Å². The quantitative estimate of drug-likeness (QED) is 0.849. The van der Waals surface area contributed by atoms with Crippen LogP contribution in [0.4, 0.5) is 13.2 Å². The summed E-state index contributed by atoms with van der Waals surface area (Å²) < 4.78 is 39.4. The molecule has 108 valence electrons. The standard InChI is InChI=1S/C13H14F3N3O/c1-8-4-5-9(2)10(6-8)7-19-12(20)18(3)11(17-19)13(14,15)16/h4-6H,7H2,1-3H3. The molecule has 0 aliphatic carbocycles. The highest BCUT2D eigenvalue weighted by Crippen LogP contribution is 2.26. The summed E-state index contributed by atoms with van der Waals surface area (Å²) in [5, 5.41) is 3.39. The number of hydrogen-bond acceptors (Lipinski definition) is 2. The van der Waals surface area contributed by atoms with Crippen LogP contribution < -0.4 is 5.69 Å². The molecule has 2 aromatic rings. The number of aryl methyl sites for hydroxylation is 2. The first-order valence-corrected chi connectivity index (χ1v) is 5.97. The summed E-state index contributed by atoms with van der Waals surface area (Å²) in [5.74, 6) is -1.19. The number of benzene rings is 1. The van der Waals surface area contributed by atoms with Gasteiger partial charge in [0.2, 0.25) is 5.82 Å². The van der Waals surface area contributed by atoms with Crippen molar-refractivity contribution in [3.63, 3.8) is 0 Å². The molecule has 1 aromatic heterocycles. The van der Waals surface area contributed by atoms with Gasteiger partial charge in [-0.05, 0) is 25.0 Å². The Balaban J connectivity index is 2.45. The predicted octanol–water partition coefficient (Wildman–Crippen LogP) is 2.27. The van der Waals surface area contributed by atoms with E-state index in [0.29, 0.717) is 4.57 Å². The van der Waals surface area contributed by atoms with Gasteiger partial charge in [0.1, 0.15) is 0 Å². The van der Waals surface area contributed by atoms with Crippen LogP contribution in [-0.2, 0) is 19.8 Å². The second kappa shape index (κ2) is 4.81. The Morgan fingerprint density at radius 3 is 2.45 bits per heavy atom. The highest BCUT2D eigenvalue weighted by Gasteiger charge is 2.37. The average Bonchev–Trinajstić information content (AvgIpc) is 2.62. The summed E-state index contributed by atoms with van der Waals surface area (Å²) in [7, 11) is 1.07. The van der Waals surface area contributed by atoms with E-state index in [1.165, 1.54) is 0 Å². The molecule has 7 heteroatoms. The molecule has 1 aromatic carbocycles. The lowest BCUT2D eigenvalue weighted by Gasteiger charge is -2.06. The van der Waals surface area contributed by atoms with Gasteiger partial charge in [-0.1, -0.05) is 23.8 Å². The number of nitrogens with zero attached hydrogens (tertiary/aromatic N) is 3. The lowest BCUT2D eigenvalue weighted by atomic mass is 10.1. The zero-order valence-corrected chi connectivity index (χ0v) is 11.3. The largest absolute Gasteiger partial charge is 0.451 e. The maximum atomic E-state index is 12.7. The number of hydrogen-bond donors (Lipinski definition) is 0. The predicted molar refractivity (Wildman–Crippen MR) is 67.5 cm³/mol. The van der Waals surface area contributed by atoms with Crippen molar-refractivity contribution in [2.45, 2.75) is 26.6 Å². The van der Waals surface area contributed by atoms with Gasteiger partial charge in [0.15, 0.2) is 0 Å². The Hall–Kier alpha value is -2.05. The molecule has 0 radical (unpaired) electrons. The van der Waals surface area contributed by atoms with Crippen LogP contribution in [0.5, 0.6) is 0 Å². The Bertz CT molecular complexity index is 698. The summed E-state index contributed by atoms with van der Waals surface area (Å²) in [6.07, 6.45) is -4.64. The second-order valence-corrected chi connectivity index (χ2v) is 4.75. The van der Waals surface area contributed by atoms with Gasteiger partial charge >= 0.3 is 11.9 Å². The van der Waals surface area contributed by atoms with Gasteiger partial charge in [-0.25, -0.2) is 9.48 Å². The lowest BCUT2D eigenvalue weighted by Crippen LogP contribution is -2.25. The molecule has 2 rings (SSSR count). The van der Waals surface area contributed by atoms with E-state index in [-0.39, 0.29) is 6.54 Å². The van der Waals surface area contributed by atoms with E-state index in [2.05, 4.69) is 5.10 Å². The van der Waals surface area contributed by atoms with Gasteiger partial charge in [-0.15, -0.1) is 5.10 Å². The second-order valence-electron chi connectivity index (χ2n) is 4.75. The summed E-state index contributed by atoms with van der Waals surface area (Å²) in [6, 6.07) is 5.61.